The number of benzene rings is 2. The zero-order valence-corrected chi connectivity index (χ0v) is 14.4. The summed E-state index contributed by atoms with van der Waals surface area (Å²) in [6.07, 6.45) is -0.947. The van der Waals surface area contributed by atoms with Crippen LogP contribution in [-0.2, 0) is 9.47 Å². The van der Waals surface area contributed by atoms with E-state index in [1.165, 1.54) is 48.5 Å². The molecule has 136 valence electrons. The summed E-state index contributed by atoms with van der Waals surface area (Å²) < 4.78 is 19.8. The van der Waals surface area contributed by atoms with E-state index in [1.807, 2.05) is 0 Å². The molecule has 0 heterocycles. The van der Waals surface area contributed by atoms with Crippen LogP contribution < -0.4 is 9.47 Å². The van der Waals surface area contributed by atoms with Crippen LogP contribution in [0, 0.1) is 0 Å². The van der Waals surface area contributed by atoms with Crippen LogP contribution in [-0.4, -0.2) is 31.3 Å². The SMILES string of the molecule is CCOC(=O)c1ccc(OC(=O)Oc2ccc(C(=O)OCC)cc2)cc1. The highest BCUT2D eigenvalue weighted by Gasteiger charge is 2.11. The van der Waals surface area contributed by atoms with E-state index in [9.17, 15) is 14.4 Å². The lowest BCUT2D eigenvalue weighted by Gasteiger charge is -2.07. The Balaban J connectivity index is 1.92. The van der Waals surface area contributed by atoms with E-state index in [1.54, 1.807) is 13.8 Å². The van der Waals surface area contributed by atoms with Crippen molar-refractivity contribution in [3.8, 4) is 11.5 Å². The van der Waals surface area contributed by atoms with Crippen LogP contribution in [0.4, 0.5) is 4.79 Å². The van der Waals surface area contributed by atoms with Gasteiger partial charge in [0.05, 0.1) is 24.3 Å². The molecule has 26 heavy (non-hydrogen) atoms. The Kier molecular flexibility index (Phi) is 6.73. The van der Waals surface area contributed by atoms with Gasteiger partial charge in [-0.05, 0) is 62.4 Å². The van der Waals surface area contributed by atoms with Gasteiger partial charge in [-0.15, -0.1) is 0 Å². The first-order valence-corrected chi connectivity index (χ1v) is 7.97. The Labute approximate surface area is 150 Å². The van der Waals surface area contributed by atoms with Gasteiger partial charge in [0.25, 0.3) is 0 Å². The van der Waals surface area contributed by atoms with Crippen LogP contribution in [0.3, 0.4) is 0 Å². The molecule has 0 unspecified atom stereocenters. The highest BCUT2D eigenvalue weighted by molar-refractivity contribution is 5.90. The second-order valence-electron chi connectivity index (χ2n) is 4.94. The number of carbonyl (C=O) groups is 3. The minimum absolute atomic E-state index is 0.214. The Bertz CT molecular complexity index is 698. The Hall–Kier alpha value is -3.35. The number of rotatable bonds is 6. The maximum atomic E-state index is 11.8. The molecule has 0 atom stereocenters. The maximum Gasteiger partial charge on any atom is 0.519 e. The molecule has 0 aliphatic carbocycles. The average Bonchev–Trinajstić information content (AvgIpc) is 2.63. The summed E-state index contributed by atoms with van der Waals surface area (Å²) in [6, 6.07) is 11.7. The van der Waals surface area contributed by atoms with E-state index >= 15 is 0 Å². The molecule has 0 aliphatic rings. The molecular weight excluding hydrogens is 340 g/mol. The quantitative estimate of drug-likeness (QED) is 0.575. The van der Waals surface area contributed by atoms with E-state index in [0.717, 1.165) is 0 Å². The third kappa shape index (κ3) is 5.34. The van der Waals surface area contributed by atoms with Crippen molar-refractivity contribution in [1.29, 1.82) is 0 Å². The average molecular weight is 358 g/mol. The molecule has 7 heteroatoms. The molecule has 2 rings (SSSR count). The molecule has 0 saturated heterocycles. The fraction of sp³-hybridized carbons (Fsp3) is 0.211. The van der Waals surface area contributed by atoms with Crippen LogP contribution in [0.2, 0.25) is 0 Å². The van der Waals surface area contributed by atoms with Crippen LogP contribution >= 0.6 is 0 Å². The second-order valence-corrected chi connectivity index (χ2v) is 4.94. The van der Waals surface area contributed by atoms with E-state index in [2.05, 4.69) is 0 Å². The molecule has 0 spiro atoms. The number of ether oxygens (including phenoxy) is 4. The van der Waals surface area contributed by atoms with Gasteiger partial charge in [-0.2, -0.15) is 0 Å². The normalized spacial score (nSPS) is 9.92. The predicted molar refractivity (Wildman–Crippen MR) is 91.4 cm³/mol. The Morgan fingerprint density at radius 1 is 0.654 bits per heavy atom. The summed E-state index contributed by atoms with van der Waals surface area (Å²) in [5.41, 5.74) is 0.698. The van der Waals surface area contributed by atoms with Crippen molar-refractivity contribution in [1.82, 2.24) is 0 Å². The molecule has 2 aromatic rings. The Morgan fingerprint density at radius 3 is 1.31 bits per heavy atom. The Morgan fingerprint density at radius 2 is 1.00 bits per heavy atom. The predicted octanol–water partition coefficient (Wildman–Crippen LogP) is 3.62. The summed E-state index contributed by atoms with van der Waals surface area (Å²) in [7, 11) is 0. The van der Waals surface area contributed by atoms with Gasteiger partial charge >= 0.3 is 18.1 Å². The molecule has 0 amide bonds. The molecule has 0 fully saturated rings. The van der Waals surface area contributed by atoms with Crippen molar-refractivity contribution < 1.29 is 33.3 Å². The van der Waals surface area contributed by atoms with Crippen LogP contribution in [0.5, 0.6) is 11.5 Å². The largest absolute Gasteiger partial charge is 0.519 e. The van der Waals surface area contributed by atoms with Crippen molar-refractivity contribution in [3.63, 3.8) is 0 Å². The van der Waals surface area contributed by atoms with Crippen molar-refractivity contribution >= 4 is 18.1 Å². The van der Waals surface area contributed by atoms with E-state index in [0.29, 0.717) is 11.1 Å². The number of carbonyl (C=O) groups excluding carboxylic acids is 3. The van der Waals surface area contributed by atoms with Gasteiger partial charge < -0.3 is 18.9 Å². The lowest BCUT2D eigenvalue weighted by Crippen LogP contribution is -2.14. The third-order valence-electron chi connectivity index (χ3n) is 3.13. The minimum atomic E-state index is -0.947. The monoisotopic (exact) mass is 358 g/mol. The van der Waals surface area contributed by atoms with Gasteiger partial charge in [0.1, 0.15) is 11.5 Å². The van der Waals surface area contributed by atoms with Crippen molar-refractivity contribution in [2.75, 3.05) is 13.2 Å². The molecule has 2 aromatic carbocycles. The summed E-state index contributed by atoms with van der Waals surface area (Å²) >= 11 is 0. The summed E-state index contributed by atoms with van der Waals surface area (Å²) in [4.78, 5) is 34.9. The van der Waals surface area contributed by atoms with Gasteiger partial charge in [-0.1, -0.05) is 0 Å². The molecule has 0 saturated carbocycles. The lowest BCUT2D eigenvalue weighted by molar-refractivity contribution is 0.0516. The van der Waals surface area contributed by atoms with Crippen LogP contribution in [0.1, 0.15) is 34.6 Å². The molecule has 0 aromatic heterocycles. The first-order chi connectivity index (χ1) is 12.5. The van der Waals surface area contributed by atoms with E-state index < -0.39 is 18.1 Å². The van der Waals surface area contributed by atoms with Gasteiger partial charge in [0, 0.05) is 0 Å². The first-order valence-electron chi connectivity index (χ1n) is 7.97. The zero-order chi connectivity index (χ0) is 18.9. The van der Waals surface area contributed by atoms with Crippen molar-refractivity contribution in [2.45, 2.75) is 13.8 Å². The van der Waals surface area contributed by atoms with Crippen LogP contribution in [0.15, 0.2) is 48.5 Å². The minimum Gasteiger partial charge on any atom is -0.462 e. The van der Waals surface area contributed by atoms with Gasteiger partial charge in [-0.25, -0.2) is 14.4 Å². The summed E-state index contributed by atoms with van der Waals surface area (Å²) in [5.74, 6) is -0.482. The van der Waals surface area contributed by atoms with Crippen molar-refractivity contribution in [3.05, 3.63) is 59.7 Å². The number of hydrogen-bond donors (Lipinski definition) is 0. The first kappa shape index (κ1) is 19.0. The molecule has 0 aliphatic heterocycles. The van der Waals surface area contributed by atoms with E-state index in [4.69, 9.17) is 18.9 Å². The molecule has 0 N–H and O–H groups in total. The fourth-order valence-corrected chi connectivity index (χ4v) is 1.96. The van der Waals surface area contributed by atoms with Crippen LogP contribution in [0.25, 0.3) is 0 Å². The smallest absolute Gasteiger partial charge is 0.462 e. The van der Waals surface area contributed by atoms with Gasteiger partial charge in [0.15, 0.2) is 0 Å². The number of hydrogen-bond acceptors (Lipinski definition) is 7. The highest BCUT2D eigenvalue weighted by atomic mass is 16.7. The summed E-state index contributed by atoms with van der Waals surface area (Å²) in [6.45, 7) is 3.98. The standard InChI is InChI=1S/C19H18O7/c1-3-23-17(20)13-5-9-15(10-6-13)25-19(22)26-16-11-7-14(8-12-16)18(21)24-4-2/h5-12H,3-4H2,1-2H3. The lowest BCUT2D eigenvalue weighted by atomic mass is 10.2. The van der Waals surface area contributed by atoms with Crippen molar-refractivity contribution in [2.24, 2.45) is 0 Å². The molecular formula is C19H18O7. The maximum absolute atomic E-state index is 11.8. The highest BCUT2D eigenvalue weighted by Crippen LogP contribution is 2.17. The number of esters is 2. The molecule has 7 nitrogen and oxygen atoms in total. The van der Waals surface area contributed by atoms with Gasteiger partial charge in [-0.3, -0.25) is 0 Å². The zero-order valence-electron chi connectivity index (χ0n) is 14.4. The molecule has 0 bridgehead atoms. The topological polar surface area (TPSA) is 88.1 Å². The fourth-order valence-electron chi connectivity index (χ4n) is 1.96. The van der Waals surface area contributed by atoms with Gasteiger partial charge in [0.2, 0.25) is 0 Å². The second kappa shape index (κ2) is 9.22. The summed E-state index contributed by atoms with van der Waals surface area (Å²) in [5, 5.41) is 0. The third-order valence-corrected chi connectivity index (χ3v) is 3.13. The molecule has 0 radical (unpaired) electrons. The van der Waals surface area contributed by atoms with E-state index in [-0.39, 0.29) is 24.7 Å².